The molecule has 3 aliphatic carbocycles. The van der Waals surface area contributed by atoms with Gasteiger partial charge in [-0.3, -0.25) is 9.79 Å². The Morgan fingerprint density at radius 2 is 1.98 bits per heavy atom. The number of rotatable bonds is 10. The molecule has 6 rings (SSSR count). The summed E-state index contributed by atoms with van der Waals surface area (Å²) in [6.45, 7) is 5.83. The van der Waals surface area contributed by atoms with Gasteiger partial charge in [0.2, 0.25) is 0 Å². The number of unbranched alkanes of at least 4 members (excludes halogenated alkanes) is 2. The monoisotopic (exact) mass is 667 g/mol. The number of ketones is 1. The number of aryl methyl sites for hydroxylation is 1. The average molecular weight is 668 g/mol. The number of nitrogens with one attached hydrogen (secondary N) is 1. The molecule has 5 bridgehead atoms. The minimum absolute atomic E-state index is 0.0513. The van der Waals surface area contributed by atoms with Gasteiger partial charge in [0.15, 0.2) is 11.7 Å². The van der Waals surface area contributed by atoms with Crippen LogP contribution in [0.1, 0.15) is 102 Å². The predicted octanol–water partition coefficient (Wildman–Crippen LogP) is 6.87. The number of aliphatic hydroxyl groups excluding tert-OH is 2. The number of hydrogen-bond donors (Lipinski definition) is 4. The van der Waals surface area contributed by atoms with Crippen LogP contribution in [-0.4, -0.2) is 58.8 Å². The summed E-state index contributed by atoms with van der Waals surface area (Å²) in [5.74, 6) is 4.25. The zero-order valence-electron chi connectivity index (χ0n) is 28.2. The molecule has 2 fully saturated rings. The molecule has 7 atom stereocenters. The fraction of sp³-hybridized carbons (Fsp3) is 0.737. The van der Waals surface area contributed by atoms with Gasteiger partial charge in [-0.1, -0.05) is 78.1 Å². The number of nitrogens with zero attached hydrogens (tertiary/aromatic N) is 1. The van der Waals surface area contributed by atoms with Crippen molar-refractivity contribution in [3.05, 3.63) is 46.5 Å². The van der Waals surface area contributed by atoms with E-state index in [2.05, 4.69) is 43.4 Å². The molecule has 8 heteroatoms. The lowest BCUT2D eigenvalue weighted by Crippen LogP contribution is -2.61. The molecule has 1 aromatic carbocycles. The number of allylic oxidation sites excluding steroid dienone is 2. The fourth-order valence-electron chi connectivity index (χ4n) is 10.7. The van der Waals surface area contributed by atoms with E-state index in [9.17, 15) is 15.0 Å². The minimum Gasteiger partial charge on any atom is -0.396 e. The molecule has 46 heavy (non-hydrogen) atoms. The summed E-state index contributed by atoms with van der Waals surface area (Å²) in [6, 6.07) is 9.20. The first-order valence-corrected chi connectivity index (χ1v) is 20.7. The lowest BCUT2D eigenvalue weighted by atomic mass is 9.47. The number of guanidine groups is 1. The number of carbonyl (C=O) groups excluding carboxylic acids is 1. The van der Waals surface area contributed by atoms with E-state index in [0.29, 0.717) is 30.0 Å². The molecular weight excluding hydrogens is 611 g/mol. The molecule has 254 valence electrons. The minimum atomic E-state index is -0.176. The molecule has 0 amide bonds. The molecule has 6 nitrogen and oxygen atoms in total. The van der Waals surface area contributed by atoms with Crippen molar-refractivity contribution in [2.45, 2.75) is 109 Å². The summed E-state index contributed by atoms with van der Waals surface area (Å²) < 4.78 is 0. The predicted molar refractivity (Wildman–Crippen MR) is 193 cm³/mol. The number of carbonyl (C=O) groups is 1. The highest BCUT2D eigenvalue weighted by Gasteiger charge is 2.69. The van der Waals surface area contributed by atoms with Crippen LogP contribution < -0.4 is 11.1 Å². The van der Waals surface area contributed by atoms with E-state index in [1.54, 1.807) is 0 Å². The SMILES string of the molecule is CCCCCc1cccc(C[C@H]2CN=C(N)N[C@@]23CCCC2=C4C[C@H]5C[C@H](CO)[C@@H](CCCO)[C@]4(CC2=O)[C@@]5(C)CCSSC3)c1. The Bertz CT molecular complexity index is 1320. The van der Waals surface area contributed by atoms with Crippen LogP contribution in [0.15, 0.2) is 40.4 Å². The van der Waals surface area contributed by atoms with Gasteiger partial charge in [0, 0.05) is 49.0 Å². The number of Topliss-reactive ketones (excluding diaryl/α,β-unsaturated/α-hetero) is 1. The van der Waals surface area contributed by atoms with Crippen molar-refractivity contribution in [1.29, 1.82) is 0 Å². The van der Waals surface area contributed by atoms with E-state index in [4.69, 9.17) is 10.7 Å². The summed E-state index contributed by atoms with van der Waals surface area (Å²) in [7, 11) is 3.99. The maximum atomic E-state index is 14.1. The maximum absolute atomic E-state index is 14.1. The van der Waals surface area contributed by atoms with Crippen LogP contribution >= 0.6 is 21.6 Å². The highest BCUT2D eigenvalue weighted by Crippen LogP contribution is 2.75. The van der Waals surface area contributed by atoms with Gasteiger partial charge in [0.05, 0.1) is 5.54 Å². The molecule has 0 aromatic heterocycles. The number of hydrogen-bond acceptors (Lipinski definition) is 8. The standard InChI is InChI=1S/C38H57N3O3S2/c1-3-4-5-9-26-10-6-11-27(18-26)19-30-23-40-35(39)41-37(30)14-7-12-31-33-21-29-20-28(24-43)32(13-8-16-42)38(33,22-34(31)44)36(29,2)15-17-45-46-25-37/h6,10-11,18,28-30,32,42-43H,3-5,7-9,12-17,19-25H2,1-2H3,(H3,39,40,41)/t28-,29-,30+,32-,36+,37-,38+/m1/s1. The van der Waals surface area contributed by atoms with E-state index in [1.807, 2.05) is 21.6 Å². The first kappa shape index (κ1) is 34.4. The Morgan fingerprint density at radius 3 is 2.78 bits per heavy atom. The molecule has 0 unspecified atom stereocenters. The van der Waals surface area contributed by atoms with E-state index >= 15 is 0 Å². The molecule has 2 saturated carbocycles. The van der Waals surface area contributed by atoms with E-state index < -0.39 is 0 Å². The van der Waals surface area contributed by atoms with Crippen LogP contribution in [0.4, 0.5) is 0 Å². The molecule has 5 aliphatic rings. The highest BCUT2D eigenvalue weighted by atomic mass is 33.1. The van der Waals surface area contributed by atoms with Gasteiger partial charge in [0.1, 0.15) is 0 Å². The summed E-state index contributed by atoms with van der Waals surface area (Å²) in [4.78, 5) is 18.8. The lowest BCUT2D eigenvalue weighted by molar-refractivity contribution is -0.125. The van der Waals surface area contributed by atoms with Crippen LogP contribution in [-0.2, 0) is 17.6 Å². The molecule has 5 N–H and O–H groups in total. The smallest absolute Gasteiger partial charge is 0.189 e. The van der Waals surface area contributed by atoms with E-state index in [-0.39, 0.29) is 41.4 Å². The van der Waals surface area contributed by atoms with Crippen molar-refractivity contribution in [1.82, 2.24) is 5.32 Å². The van der Waals surface area contributed by atoms with E-state index in [0.717, 1.165) is 87.8 Å². The van der Waals surface area contributed by atoms with E-state index in [1.165, 1.54) is 36.0 Å². The molecule has 0 saturated heterocycles. The van der Waals surface area contributed by atoms with Gasteiger partial charge < -0.3 is 21.3 Å². The number of aliphatic hydroxyl groups is 2. The van der Waals surface area contributed by atoms with Gasteiger partial charge in [0.25, 0.3) is 0 Å². The van der Waals surface area contributed by atoms with Crippen molar-refractivity contribution >= 4 is 33.3 Å². The third-order valence-electron chi connectivity index (χ3n) is 13.1. The molecule has 0 radical (unpaired) electrons. The maximum Gasteiger partial charge on any atom is 0.189 e. The van der Waals surface area contributed by atoms with Crippen molar-refractivity contribution < 1.29 is 15.0 Å². The second-order valence-electron chi connectivity index (χ2n) is 15.4. The van der Waals surface area contributed by atoms with Crippen molar-refractivity contribution in [2.24, 2.45) is 45.2 Å². The van der Waals surface area contributed by atoms with Crippen LogP contribution in [0.2, 0.25) is 0 Å². The van der Waals surface area contributed by atoms with Gasteiger partial charge in [-0.2, -0.15) is 0 Å². The Hall–Kier alpha value is -1.48. The largest absolute Gasteiger partial charge is 0.396 e. The Kier molecular flexibility index (Phi) is 10.9. The van der Waals surface area contributed by atoms with Gasteiger partial charge in [-0.25, -0.2) is 0 Å². The Balaban J connectivity index is 1.29. The quantitative estimate of drug-likeness (QED) is 0.159. The third-order valence-corrected chi connectivity index (χ3v) is 15.6. The van der Waals surface area contributed by atoms with Gasteiger partial charge in [-0.15, -0.1) is 0 Å². The lowest BCUT2D eigenvalue weighted by Gasteiger charge is -2.57. The third kappa shape index (κ3) is 6.22. The van der Waals surface area contributed by atoms with Crippen molar-refractivity contribution in [2.75, 3.05) is 31.3 Å². The number of aliphatic imine (C=N–C) groups is 1. The van der Waals surface area contributed by atoms with Gasteiger partial charge >= 0.3 is 0 Å². The normalized spacial score (nSPS) is 36.2. The number of nitrogens with two attached hydrogens (primary N) is 1. The summed E-state index contributed by atoms with van der Waals surface area (Å²) in [5, 5.41) is 24.1. The zero-order chi connectivity index (χ0) is 32.4. The van der Waals surface area contributed by atoms with Crippen LogP contribution in [0.25, 0.3) is 0 Å². The summed E-state index contributed by atoms with van der Waals surface area (Å²) >= 11 is 0. The zero-order valence-corrected chi connectivity index (χ0v) is 29.8. The Labute approximate surface area is 285 Å². The van der Waals surface area contributed by atoms with Crippen LogP contribution in [0.5, 0.6) is 0 Å². The summed E-state index contributed by atoms with van der Waals surface area (Å²) in [6.07, 6.45) is 14.0. The molecular formula is C38H57N3O3S2. The fourth-order valence-corrected chi connectivity index (χ4v) is 13.6. The second kappa shape index (κ2) is 14.6. The molecule has 1 aromatic rings. The van der Waals surface area contributed by atoms with Crippen molar-refractivity contribution in [3.63, 3.8) is 0 Å². The molecule has 2 spiro atoms. The Morgan fingerprint density at radius 1 is 1.13 bits per heavy atom. The highest BCUT2D eigenvalue weighted by molar-refractivity contribution is 8.76. The first-order valence-electron chi connectivity index (χ1n) is 18.2. The average Bonchev–Trinajstić information content (AvgIpc) is 3.38. The van der Waals surface area contributed by atoms with Crippen molar-refractivity contribution in [3.8, 4) is 0 Å². The molecule has 2 aliphatic heterocycles. The topological polar surface area (TPSA) is 108 Å². The second-order valence-corrected chi connectivity index (χ2v) is 18.0. The first-order chi connectivity index (χ1) is 22.3. The molecule has 2 heterocycles. The van der Waals surface area contributed by atoms with Crippen LogP contribution in [0.3, 0.4) is 0 Å². The number of benzene rings is 1. The summed E-state index contributed by atoms with van der Waals surface area (Å²) in [5.41, 5.74) is 11.5. The van der Waals surface area contributed by atoms with Crippen LogP contribution in [0, 0.1) is 34.5 Å². The van der Waals surface area contributed by atoms with Gasteiger partial charge in [-0.05, 0) is 110 Å².